The number of carbonyl (C=O) groups excluding carboxylic acids is 1. The summed E-state index contributed by atoms with van der Waals surface area (Å²) in [5.41, 5.74) is 4.26. The highest BCUT2D eigenvalue weighted by atomic mass is 16.5. The third kappa shape index (κ3) is 5.95. The van der Waals surface area contributed by atoms with Crippen molar-refractivity contribution in [1.82, 2.24) is 0 Å². The van der Waals surface area contributed by atoms with Gasteiger partial charge in [0.15, 0.2) is 0 Å². The van der Waals surface area contributed by atoms with E-state index in [1.165, 1.54) is 11.1 Å². The number of hydrogen-bond donors (Lipinski definition) is 2. The highest BCUT2D eigenvalue weighted by Crippen LogP contribution is 2.17. The lowest BCUT2D eigenvalue weighted by Crippen LogP contribution is -2.16. The van der Waals surface area contributed by atoms with E-state index in [1.807, 2.05) is 38.1 Å². The third-order valence-corrected chi connectivity index (χ3v) is 3.41. The fraction of sp³-hybridized carbons (Fsp3) is 0.350. The van der Waals surface area contributed by atoms with Crippen molar-refractivity contribution in [2.24, 2.45) is 0 Å². The first-order valence-corrected chi connectivity index (χ1v) is 8.31. The van der Waals surface area contributed by atoms with Crippen molar-refractivity contribution in [1.29, 1.82) is 0 Å². The number of ether oxygens (including phenoxy) is 1. The Morgan fingerprint density at radius 1 is 1.00 bits per heavy atom. The van der Waals surface area contributed by atoms with Crippen LogP contribution in [0, 0.1) is 13.8 Å². The number of rotatable bonds is 7. The van der Waals surface area contributed by atoms with Gasteiger partial charge in [0, 0.05) is 24.3 Å². The lowest BCUT2D eigenvalue weighted by molar-refractivity contribution is -0.115. The fourth-order valence-electron chi connectivity index (χ4n) is 2.51. The van der Waals surface area contributed by atoms with Gasteiger partial charge in [0.1, 0.15) is 5.75 Å². The summed E-state index contributed by atoms with van der Waals surface area (Å²) in [7, 11) is 0. The first-order valence-electron chi connectivity index (χ1n) is 8.31. The van der Waals surface area contributed by atoms with E-state index < -0.39 is 0 Å². The number of hydrogen-bond acceptors (Lipinski definition) is 3. The summed E-state index contributed by atoms with van der Waals surface area (Å²) in [6.07, 6.45) is 0.554. The van der Waals surface area contributed by atoms with Gasteiger partial charge in [0.2, 0.25) is 5.91 Å². The van der Waals surface area contributed by atoms with Gasteiger partial charge in [-0.15, -0.1) is 0 Å². The molecule has 0 aliphatic rings. The Morgan fingerprint density at radius 2 is 1.62 bits per heavy atom. The second-order valence-electron chi connectivity index (χ2n) is 6.29. The molecule has 1 amide bonds. The van der Waals surface area contributed by atoms with Gasteiger partial charge in [-0.3, -0.25) is 4.79 Å². The molecule has 2 aromatic carbocycles. The monoisotopic (exact) mass is 326 g/mol. The molecule has 0 aromatic heterocycles. The fourth-order valence-corrected chi connectivity index (χ4v) is 2.51. The Bertz CT molecular complexity index is 658. The van der Waals surface area contributed by atoms with Crippen LogP contribution in [0.1, 0.15) is 31.4 Å². The van der Waals surface area contributed by atoms with Crippen LogP contribution in [0.5, 0.6) is 5.75 Å². The number of nitrogens with one attached hydrogen (secondary N) is 2. The largest absolute Gasteiger partial charge is 0.491 e. The SMILES string of the molecule is Cc1cc(C)cc(NCCC(=O)Nc2ccc(OC(C)C)cc2)c1. The Hall–Kier alpha value is -2.49. The molecule has 2 rings (SSSR count). The van der Waals surface area contributed by atoms with Crippen LogP contribution >= 0.6 is 0 Å². The number of benzene rings is 2. The molecule has 0 radical (unpaired) electrons. The smallest absolute Gasteiger partial charge is 0.226 e. The van der Waals surface area contributed by atoms with Crippen LogP contribution in [0.15, 0.2) is 42.5 Å². The lowest BCUT2D eigenvalue weighted by Gasteiger charge is -2.11. The minimum Gasteiger partial charge on any atom is -0.491 e. The number of amides is 1. The molecule has 0 atom stereocenters. The van der Waals surface area contributed by atoms with Crippen LogP contribution in [0.2, 0.25) is 0 Å². The van der Waals surface area contributed by atoms with Crippen molar-refractivity contribution in [2.45, 2.75) is 40.2 Å². The van der Waals surface area contributed by atoms with Gasteiger partial charge in [-0.1, -0.05) is 6.07 Å². The molecule has 0 bridgehead atoms. The zero-order valence-electron chi connectivity index (χ0n) is 14.8. The molecule has 0 aliphatic carbocycles. The standard InChI is InChI=1S/C20H26N2O2/c1-14(2)24-19-7-5-17(6-8-19)22-20(23)9-10-21-18-12-15(3)11-16(4)13-18/h5-8,11-14,21H,9-10H2,1-4H3,(H,22,23). The zero-order valence-corrected chi connectivity index (χ0v) is 14.8. The van der Waals surface area contributed by atoms with E-state index in [2.05, 4.69) is 42.7 Å². The van der Waals surface area contributed by atoms with E-state index in [-0.39, 0.29) is 12.0 Å². The second-order valence-corrected chi connectivity index (χ2v) is 6.29. The summed E-state index contributed by atoms with van der Waals surface area (Å²) in [4.78, 5) is 12.0. The Kier molecular flexibility index (Phi) is 6.24. The highest BCUT2D eigenvalue weighted by molar-refractivity contribution is 5.91. The Labute approximate surface area is 144 Å². The maximum absolute atomic E-state index is 12.0. The predicted molar refractivity (Wildman–Crippen MR) is 99.9 cm³/mol. The lowest BCUT2D eigenvalue weighted by atomic mass is 10.1. The van der Waals surface area contributed by atoms with Crippen LogP contribution in [0.4, 0.5) is 11.4 Å². The summed E-state index contributed by atoms with van der Waals surface area (Å²) in [6.45, 7) is 8.70. The van der Waals surface area contributed by atoms with Gasteiger partial charge in [-0.05, 0) is 75.2 Å². The molecular formula is C20H26N2O2. The number of carbonyl (C=O) groups is 1. The minimum atomic E-state index is -0.00981. The Balaban J connectivity index is 1.78. The molecular weight excluding hydrogens is 300 g/mol. The van der Waals surface area contributed by atoms with Gasteiger partial charge in [0.05, 0.1) is 6.10 Å². The van der Waals surface area contributed by atoms with Gasteiger partial charge in [-0.2, -0.15) is 0 Å². The van der Waals surface area contributed by atoms with E-state index in [9.17, 15) is 4.79 Å². The van der Waals surface area contributed by atoms with Crippen molar-refractivity contribution in [3.05, 3.63) is 53.6 Å². The van der Waals surface area contributed by atoms with Crippen LogP contribution in [0.3, 0.4) is 0 Å². The highest BCUT2D eigenvalue weighted by Gasteiger charge is 2.04. The molecule has 4 nitrogen and oxygen atoms in total. The van der Waals surface area contributed by atoms with Crippen LogP contribution in [-0.2, 0) is 4.79 Å². The molecule has 0 saturated heterocycles. The van der Waals surface area contributed by atoms with E-state index >= 15 is 0 Å². The van der Waals surface area contributed by atoms with Crippen LogP contribution in [-0.4, -0.2) is 18.6 Å². The molecule has 0 spiro atoms. The maximum Gasteiger partial charge on any atom is 0.226 e. The summed E-state index contributed by atoms with van der Waals surface area (Å²) >= 11 is 0. The average molecular weight is 326 g/mol. The first-order chi connectivity index (χ1) is 11.4. The average Bonchev–Trinajstić information content (AvgIpc) is 2.48. The van der Waals surface area contributed by atoms with E-state index in [4.69, 9.17) is 4.74 Å². The van der Waals surface area contributed by atoms with Gasteiger partial charge in [-0.25, -0.2) is 0 Å². The summed E-state index contributed by atoms with van der Waals surface area (Å²) < 4.78 is 5.58. The van der Waals surface area contributed by atoms with Crippen molar-refractivity contribution in [3.8, 4) is 5.75 Å². The minimum absolute atomic E-state index is 0.00981. The Morgan fingerprint density at radius 3 is 2.21 bits per heavy atom. The maximum atomic E-state index is 12.0. The van der Waals surface area contributed by atoms with Crippen molar-refractivity contribution in [3.63, 3.8) is 0 Å². The summed E-state index contributed by atoms with van der Waals surface area (Å²) in [5, 5.41) is 6.19. The van der Waals surface area contributed by atoms with E-state index in [0.717, 1.165) is 17.1 Å². The molecule has 128 valence electrons. The third-order valence-electron chi connectivity index (χ3n) is 3.41. The molecule has 0 aliphatic heterocycles. The van der Waals surface area contributed by atoms with Gasteiger partial charge in [0.25, 0.3) is 0 Å². The molecule has 2 N–H and O–H groups in total. The van der Waals surface area contributed by atoms with Gasteiger partial charge >= 0.3 is 0 Å². The number of anilines is 2. The molecule has 24 heavy (non-hydrogen) atoms. The predicted octanol–water partition coefficient (Wildman–Crippen LogP) is 4.53. The molecule has 0 saturated carbocycles. The topological polar surface area (TPSA) is 50.4 Å². The first kappa shape index (κ1) is 17.9. The molecule has 0 fully saturated rings. The molecule has 2 aromatic rings. The molecule has 0 heterocycles. The molecule has 0 unspecified atom stereocenters. The number of aryl methyl sites for hydroxylation is 2. The van der Waals surface area contributed by atoms with E-state index in [0.29, 0.717) is 13.0 Å². The second kappa shape index (κ2) is 8.39. The zero-order chi connectivity index (χ0) is 17.5. The van der Waals surface area contributed by atoms with E-state index in [1.54, 1.807) is 0 Å². The summed E-state index contributed by atoms with van der Waals surface area (Å²) in [6, 6.07) is 13.7. The summed E-state index contributed by atoms with van der Waals surface area (Å²) in [5.74, 6) is 0.795. The van der Waals surface area contributed by atoms with Crippen molar-refractivity contribution in [2.75, 3.05) is 17.2 Å². The molecule has 4 heteroatoms. The quantitative estimate of drug-likeness (QED) is 0.786. The van der Waals surface area contributed by atoms with Crippen molar-refractivity contribution < 1.29 is 9.53 Å². The van der Waals surface area contributed by atoms with Gasteiger partial charge < -0.3 is 15.4 Å². The van der Waals surface area contributed by atoms with Crippen molar-refractivity contribution >= 4 is 17.3 Å². The van der Waals surface area contributed by atoms with Crippen LogP contribution < -0.4 is 15.4 Å². The normalized spacial score (nSPS) is 10.5. The van der Waals surface area contributed by atoms with Crippen LogP contribution in [0.25, 0.3) is 0 Å².